The van der Waals surface area contributed by atoms with Gasteiger partial charge < -0.3 is 15.1 Å². The van der Waals surface area contributed by atoms with Gasteiger partial charge in [0.15, 0.2) is 0 Å². The number of nitrogens with one attached hydrogen (secondary N) is 1. The number of halogens is 2. The average Bonchev–Trinajstić information content (AvgIpc) is 3.01. The maximum atomic E-state index is 13.5. The van der Waals surface area contributed by atoms with Crippen molar-refractivity contribution in [3.63, 3.8) is 0 Å². The molecule has 152 valence electrons. The normalized spacial score (nSPS) is 22.6. The van der Waals surface area contributed by atoms with E-state index in [1.165, 1.54) is 6.20 Å². The molecule has 2 fully saturated rings. The Morgan fingerprint density at radius 2 is 2.04 bits per heavy atom. The van der Waals surface area contributed by atoms with Gasteiger partial charge in [0.25, 0.3) is 11.8 Å². The molecule has 2 rings (SSSR count). The van der Waals surface area contributed by atoms with Crippen molar-refractivity contribution in [1.82, 2.24) is 15.1 Å². The van der Waals surface area contributed by atoms with Crippen LogP contribution in [0, 0.1) is 11.3 Å². The molecular formula is C19H25F2N5O2. The van der Waals surface area contributed by atoms with E-state index in [2.05, 4.69) is 17.0 Å². The molecule has 2 aliphatic heterocycles. The Labute approximate surface area is 163 Å². The summed E-state index contributed by atoms with van der Waals surface area (Å²) >= 11 is 0. The van der Waals surface area contributed by atoms with Crippen molar-refractivity contribution >= 4 is 18.5 Å². The van der Waals surface area contributed by atoms with Crippen molar-refractivity contribution in [3.8, 4) is 6.07 Å². The molecule has 2 saturated heterocycles. The number of piperidine rings is 1. The van der Waals surface area contributed by atoms with E-state index in [0.29, 0.717) is 11.3 Å². The fourth-order valence-electron chi connectivity index (χ4n) is 3.49. The maximum absolute atomic E-state index is 13.5. The number of hydrogen-bond acceptors (Lipinski definition) is 5. The van der Waals surface area contributed by atoms with Crippen LogP contribution in [0.3, 0.4) is 0 Å². The van der Waals surface area contributed by atoms with E-state index >= 15 is 0 Å². The standard InChI is InChI=1S/C19H25F2N5O2/c1-3-15(16(11-23-2)25-7-5-4-6-8-25)18(28)24-12-17(27)26-13-19(20,21)9-14(26)10-22/h3,11,14H,2,4-9,12-13H2,1H3,(H,24,28)/b15-3+,16-11+/t14-/m0/s1. The quantitative estimate of drug-likeness (QED) is 0.424. The number of amides is 2. The molecule has 0 spiro atoms. The number of rotatable bonds is 6. The highest BCUT2D eigenvalue weighted by atomic mass is 19.3. The molecule has 1 N–H and O–H groups in total. The van der Waals surface area contributed by atoms with E-state index in [-0.39, 0.29) is 0 Å². The molecule has 0 bridgehead atoms. The van der Waals surface area contributed by atoms with Gasteiger partial charge in [0.05, 0.1) is 36.6 Å². The largest absolute Gasteiger partial charge is 0.370 e. The second-order valence-electron chi connectivity index (χ2n) is 6.86. The molecule has 0 radical (unpaired) electrons. The van der Waals surface area contributed by atoms with Crippen LogP contribution < -0.4 is 5.32 Å². The van der Waals surface area contributed by atoms with Crippen molar-refractivity contribution in [2.45, 2.75) is 44.6 Å². The van der Waals surface area contributed by atoms with Gasteiger partial charge in [-0.25, -0.2) is 8.78 Å². The van der Waals surface area contributed by atoms with E-state index in [4.69, 9.17) is 5.26 Å². The first-order valence-corrected chi connectivity index (χ1v) is 9.25. The summed E-state index contributed by atoms with van der Waals surface area (Å²) in [6.45, 7) is 5.46. The Morgan fingerprint density at radius 3 is 2.61 bits per heavy atom. The van der Waals surface area contributed by atoms with Gasteiger partial charge >= 0.3 is 0 Å². The number of nitriles is 1. The van der Waals surface area contributed by atoms with Gasteiger partial charge in [-0.15, -0.1) is 0 Å². The highest BCUT2D eigenvalue weighted by Gasteiger charge is 2.47. The minimum atomic E-state index is -3.09. The number of carbonyl (C=O) groups is 2. The van der Waals surface area contributed by atoms with E-state index < -0.39 is 43.3 Å². The Kier molecular flexibility index (Phi) is 7.26. The van der Waals surface area contributed by atoms with Gasteiger partial charge in [-0.2, -0.15) is 5.26 Å². The molecule has 1 atom stereocenters. The fraction of sp³-hybridized carbons (Fsp3) is 0.579. The molecule has 0 aromatic heterocycles. The lowest BCUT2D eigenvalue weighted by molar-refractivity contribution is -0.133. The van der Waals surface area contributed by atoms with Gasteiger partial charge in [-0.1, -0.05) is 6.08 Å². The van der Waals surface area contributed by atoms with E-state index in [1.807, 2.05) is 4.90 Å². The molecule has 28 heavy (non-hydrogen) atoms. The van der Waals surface area contributed by atoms with Crippen LogP contribution in [0.15, 0.2) is 28.5 Å². The van der Waals surface area contributed by atoms with E-state index in [1.54, 1.807) is 19.1 Å². The van der Waals surface area contributed by atoms with Gasteiger partial charge in [0.1, 0.15) is 6.04 Å². The summed E-state index contributed by atoms with van der Waals surface area (Å²) in [5.41, 5.74) is 0.954. The monoisotopic (exact) mass is 393 g/mol. The van der Waals surface area contributed by atoms with Crippen molar-refractivity contribution < 1.29 is 18.4 Å². The summed E-state index contributed by atoms with van der Waals surface area (Å²) in [6, 6.07) is 0.530. The third-order valence-electron chi connectivity index (χ3n) is 4.86. The lowest BCUT2D eigenvalue weighted by atomic mass is 10.1. The Bertz CT molecular complexity index is 720. The van der Waals surface area contributed by atoms with Crippen LogP contribution in [0.25, 0.3) is 0 Å². The molecule has 0 aliphatic carbocycles. The number of hydrogen-bond donors (Lipinski definition) is 1. The summed E-state index contributed by atoms with van der Waals surface area (Å²) in [7, 11) is 0. The highest BCUT2D eigenvalue weighted by molar-refractivity contribution is 5.99. The topological polar surface area (TPSA) is 88.8 Å². The van der Waals surface area contributed by atoms with Crippen LogP contribution >= 0.6 is 0 Å². The Hall–Kier alpha value is -2.76. The number of nitrogens with zero attached hydrogens (tertiary/aromatic N) is 4. The van der Waals surface area contributed by atoms with Crippen molar-refractivity contribution in [2.24, 2.45) is 4.99 Å². The molecule has 2 amide bonds. The summed E-state index contributed by atoms with van der Waals surface area (Å²) in [6.07, 6.45) is 5.57. The highest BCUT2D eigenvalue weighted by Crippen LogP contribution is 2.31. The van der Waals surface area contributed by atoms with Crippen LogP contribution in [0.1, 0.15) is 32.6 Å². The second-order valence-corrected chi connectivity index (χ2v) is 6.86. The lowest BCUT2D eigenvalue weighted by Gasteiger charge is -2.31. The molecule has 0 unspecified atom stereocenters. The molecule has 9 heteroatoms. The van der Waals surface area contributed by atoms with Crippen LogP contribution in [0.4, 0.5) is 8.78 Å². The van der Waals surface area contributed by atoms with E-state index in [0.717, 1.165) is 37.3 Å². The summed E-state index contributed by atoms with van der Waals surface area (Å²) in [4.78, 5) is 31.6. The van der Waals surface area contributed by atoms with Crippen molar-refractivity contribution in [1.29, 1.82) is 5.26 Å². The zero-order valence-electron chi connectivity index (χ0n) is 16.0. The predicted molar refractivity (Wildman–Crippen MR) is 101 cm³/mol. The van der Waals surface area contributed by atoms with Gasteiger partial charge in [0, 0.05) is 19.5 Å². The average molecular weight is 393 g/mol. The predicted octanol–water partition coefficient (Wildman–Crippen LogP) is 1.84. The summed E-state index contributed by atoms with van der Waals surface area (Å²) < 4.78 is 27.0. The molecule has 0 aromatic carbocycles. The zero-order chi connectivity index (χ0) is 20.7. The summed E-state index contributed by atoms with van der Waals surface area (Å²) in [5.74, 6) is -4.30. The summed E-state index contributed by atoms with van der Waals surface area (Å²) in [5, 5.41) is 11.5. The first kappa shape index (κ1) is 21.5. The lowest BCUT2D eigenvalue weighted by Crippen LogP contribution is -2.43. The molecule has 0 saturated carbocycles. The smallest absolute Gasteiger partial charge is 0.268 e. The third-order valence-corrected chi connectivity index (χ3v) is 4.86. The molecule has 2 aliphatic rings. The van der Waals surface area contributed by atoms with Crippen LogP contribution in [-0.4, -0.2) is 66.5 Å². The Balaban J connectivity index is 2.03. The molecule has 7 nitrogen and oxygen atoms in total. The number of carbonyl (C=O) groups excluding carboxylic acids is 2. The van der Waals surface area contributed by atoms with Crippen LogP contribution in [0.5, 0.6) is 0 Å². The number of alkyl halides is 2. The maximum Gasteiger partial charge on any atom is 0.268 e. The minimum absolute atomic E-state index is 0.339. The zero-order valence-corrected chi connectivity index (χ0v) is 16.0. The van der Waals surface area contributed by atoms with Crippen LogP contribution in [0.2, 0.25) is 0 Å². The van der Waals surface area contributed by atoms with Crippen LogP contribution in [-0.2, 0) is 9.59 Å². The van der Waals surface area contributed by atoms with Gasteiger partial charge in [0.2, 0.25) is 5.91 Å². The van der Waals surface area contributed by atoms with Gasteiger partial charge in [-0.05, 0) is 32.9 Å². The number of aliphatic imine (C=N–C) groups is 1. The molecule has 2 heterocycles. The molecule has 0 aromatic rings. The first-order valence-electron chi connectivity index (χ1n) is 9.25. The second kappa shape index (κ2) is 9.44. The molecular weight excluding hydrogens is 368 g/mol. The number of likely N-dealkylation sites (tertiary alicyclic amines) is 2. The SMILES string of the molecule is C=N/C=C(\C(=C/C)C(=O)NCC(=O)N1CC(F)(F)C[C@H]1C#N)N1CCCCC1. The van der Waals surface area contributed by atoms with Gasteiger partial charge in [-0.3, -0.25) is 14.6 Å². The van der Waals surface area contributed by atoms with Crippen molar-refractivity contribution in [3.05, 3.63) is 23.5 Å². The Morgan fingerprint density at radius 1 is 1.36 bits per heavy atom. The van der Waals surface area contributed by atoms with E-state index in [9.17, 15) is 18.4 Å². The van der Waals surface area contributed by atoms with Crippen molar-refractivity contribution in [2.75, 3.05) is 26.2 Å². The minimum Gasteiger partial charge on any atom is -0.370 e. The third kappa shape index (κ3) is 5.15. The number of allylic oxidation sites excluding steroid dienone is 1. The fourth-order valence-corrected chi connectivity index (χ4v) is 3.49. The first-order chi connectivity index (χ1) is 13.3.